The number of carbonyl (C=O) groups is 2. The van der Waals surface area contributed by atoms with Crippen LogP contribution >= 0.6 is 31.9 Å². The van der Waals surface area contributed by atoms with Crippen molar-refractivity contribution in [1.82, 2.24) is 0 Å². The molecule has 0 aromatic heterocycles. The Balaban J connectivity index is 4.38. The molecule has 0 unspecified atom stereocenters. The summed E-state index contributed by atoms with van der Waals surface area (Å²) in [7, 11) is 0. The summed E-state index contributed by atoms with van der Waals surface area (Å²) in [4.78, 5) is 23.0. The van der Waals surface area contributed by atoms with E-state index in [0.29, 0.717) is 21.8 Å². The maximum absolute atomic E-state index is 11.5. The van der Waals surface area contributed by atoms with Gasteiger partial charge in [-0.05, 0) is 25.0 Å². The predicted molar refractivity (Wildman–Crippen MR) is 94.2 cm³/mol. The van der Waals surface area contributed by atoms with Gasteiger partial charge in [-0.3, -0.25) is 0 Å². The molecule has 0 aromatic rings. The Morgan fingerprint density at radius 2 is 1.17 bits per heavy atom. The van der Waals surface area contributed by atoms with Crippen molar-refractivity contribution < 1.29 is 28.5 Å². The molecule has 6 nitrogen and oxygen atoms in total. The van der Waals surface area contributed by atoms with Gasteiger partial charge in [0.05, 0.1) is 5.41 Å². The van der Waals surface area contributed by atoms with E-state index in [4.69, 9.17) is 18.9 Å². The Hall–Kier alpha value is -1.02. The lowest BCUT2D eigenvalue weighted by atomic mass is 9.96. The first-order valence-electron chi connectivity index (χ1n) is 6.74. The summed E-state index contributed by atoms with van der Waals surface area (Å²) in [6, 6.07) is 0. The van der Waals surface area contributed by atoms with Crippen LogP contribution in [0, 0.1) is 5.41 Å². The van der Waals surface area contributed by atoms with Gasteiger partial charge >= 0.3 is 12.3 Å². The first-order chi connectivity index (χ1) is 10.7. The van der Waals surface area contributed by atoms with Crippen LogP contribution in [0.3, 0.4) is 0 Å². The topological polar surface area (TPSA) is 71.1 Å². The Labute approximate surface area is 153 Å². The summed E-state index contributed by atoms with van der Waals surface area (Å²) in [5.41, 5.74) is 0.778. The lowest BCUT2D eigenvalue weighted by Crippen LogP contribution is -2.38. The molecule has 0 atom stereocenters. The minimum Gasteiger partial charge on any atom is -0.433 e. The Morgan fingerprint density at radius 1 is 0.826 bits per heavy atom. The van der Waals surface area contributed by atoms with E-state index in [1.165, 1.54) is 0 Å². The normalized spacial score (nSPS) is 10.6. The number of carbonyl (C=O) groups excluding carboxylic acids is 2. The van der Waals surface area contributed by atoms with E-state index in [1.54, 1.807) is 13.8 Å². The molecule has 132 valence electrons. The lowest BCUT2D eigenvalue weighted by molar-refractivity contribution is 0.000346. The highest BCUT2D eigenvalue weighted by Gasteiger charge is 2.32. The molecule has 0 saturated carbocycles. The molecule has 0 amide bonds. The van der Waals surface area contributed by atoms with Crippen molar-refractivity contribution in [1.29, 1.82) is 0 Å². The van der Waals surface area contributed by atoms with Gasteiger partial charge in [-0.1, -0.05) is 45.0 Å². The minimum atomic E-state index is -0.802. The van der Waals surface area contributed by atoms with E-state index in [-0.39, 0.29) is 26.4 Å². The largest absolute Gasteiger partial charge is 0.508 e. The standard InChI is InChI=1S/C15H22Br2O6/c1-11(2)5-20-13(18)22-9-15(7-16,8-17)10-23-14(19)21-6-12(3)4/h1,3,5-10H2,2,4H3. The molecule has 0 radical (unpaired) electrons. The van der Waals surface area contributed by atoms with Crippen molar-refractivity contribution in [2.75, 3.05) is 37.1 Å². The monoisotopic (exact) mass is 456 g/mol. The Bertz CT molecular complexity index is 396. The van der Waals surface area contributed by atoms with Gasteiger partial charge in [0.1, 0.15) is 26.4 Å². The van der Waals surface area contributed by atoms with Crippen LogP contribution in [0.15, 0.2) is 24.3 Å². The number of hydrogen-bond acceptors (Lipinski definition) is 6. The second-order valence-electron chi connectivity index (χ2n) is 5.34. The smallest absolute Gasteiger partial charge is 0.433 e. The second-order valence-corrected chi connectivity index (χ2v) is 6.46. The highest BCUT2D eigenvalue weighted by Crippen LogP contribution is 2.25. The summed E-state index contributed by atoms with van der Waals surface area (Å²) in [6.45, 7) is 10.9. The van der Waals surface area contributed by atoms with E-state index in [0.717, 1.165) is 0 Å². The molecule has 0 fully saturated rings. The van der Waals surface area contributed by atoms with Gasteiger partial charge in [-0.25, -0.2) is 9.59 Å². The SMILES string of the molecule is C=C(C)COC(=O)OCC(CBr)(CBr)COC(=O)OCC(=C)C. The second kappa shape index (κ2) is 11.5. The molecule has 0 bridgehead atoms. The predicted octanol–water partition coefficient (Wildman–Crippen LogP) is 4.22. The summed E-state index contributed by atoms with van der Waals surface area (Å²) in [6.07, 6.45) is -1.60. The fraction of sp³-hybridized carbons (Fsp3) is 0.600. The van der Waals surface area contributed by atoms with E-state index < -0.39 is 17.7 Å². The van der Waals surface area contributed by atoms with Crippen LogP contribution in [0.25, 0.3) is 0 Å². The number of ether oxygens (including phenoxy) is 4. The zero-order chi connectivity index (χ0) is 17.9. The van der Waals surface area contributed by atoms with Crippen molar-refractivity contribution >= 4 is 44.2 Å². The van der Waals surface area contributed by atoms with Crippen LogP contribution in [0.5, 0.6) is 0 Å². The summed E-state index contributed by atoms with van der Waals surface area (Å²) >= 11 is 6.67. The molecule has 0 aliphatic carbocycles. The van der Waals surface area contributed by atoms with Gasteiger partial charge in [0.2, 0.25) is 0 Å². The fourth-order valence-corrected chi connectivity index (χ4v) is 2.68. The maximum Gasteiger partial charge on any atom is 0.508 e. The molecule has 23 heavy (non-hydrogen) atoms. The van der Waals surface area contributed by atoms with Crippen LogP contribution < -0.4 is 0 Å². The number of hydrogen-bond donors (Lipinski definition) is 0. The van der Waals surface area contributed by atoms with Crippen molar-refractivity contribution in [3.8, 4) is 0 Å². The molecule has 0 spiro atoms. The zero-order valence-corrected chi connectivity index (χ0v) is 16.5. The minimum absolute atomic E-state index is 0.00624. The van der Waals surface area contributed by atoms with Crippen LogP contribution in [-0.2, 0) is 18.9 Å². The molecule has 8 heteroatoms. The zero-order valence-electron chi connectivity index (χ0n) is 13.4. The average Bonchev–Trinajstić information content (AvgIpc) is 2.51. The molecular weight excluding hydrogens is 436 g/mol. The van der Waals surface area contributed by atoms with Crippen molar-refractivity contribution in [2.45, 2.75) is 13.8 Å². The molecule has 0 aliphatic rings. The van der Waals surface area contributed by atoms with E-state index in [1.807, 2.05) is 0 Å². The third-order valence-corrected chi connectivity index (χ3v) is 4.81. The third kappa shape index (κ3) is 10.4. The summed E-state index contributed by atoms with van der Waals surface area (Å²) < 4.78 is 19.8. The van der Waals surface area contributed by atoms with Crippen molar-refractivity contribution in [3.63, 3.8) is 0 Å². The Kier molecular flexibility index (Phi) is 11.0. The summed E-state index contributed by atoms with van der Waals surface area (Å²) in [5.74, 6) is 0. The molecular formula is C15H22Br2O6. The van der Waals surface area contributed by atoms with Gasteiger partial charge in [0.25, 0.3) is 0 Å². The first kappa shape index (κ1) is 22.0. The quantitative estimate of drug-likeness (QED) is 0.278. The first-order valence-corrected chi connectivity index (χ1v) is 8.99. The third-order valence-electron chi connectivity index (χ3n) is 2.43. The highest BCUT2D eigenvalue weighted by atomic mass is 79.9. The number of halogens is 2. The average molecular weight is 458 g/mol. The lowest BCUT2D eigenvalue weighted by Gasteiger charge is -2.28. The molecule has 0 heterocycles. The summed E-state index contributed by atoms with van der Waals surface area (Å²) in [5, 5.41) is 0.875. The number of rotatable bonds is 10. The fourth-order valence-electron chi connectivity index (χ4n) is 1.10. The molecule has 0 aliphatic heterocycles. The van der Waals surface area contributed by atoms with Crippen molar-refractivity contribution in [2.24, 2.45) is 5.41 Å². The molecule has 0 saturated heterocycles. The van der Waals surface area contributed by atoms with Gasteiger partial charge < -0.3 is 18.9 Å². The van der Waals surface area contributed by atoms with E-state index in [9.17, 15) is 9.59 Å². The van der Waals surface area contributed by atoms with Gasteiger partial charge in [-0.2, -0.15) is 0 Å². The van der Waals surface area contributed by atoms with Crippen LogP contribution in [0.2, 0.25) is 0 Å². The van der Waals surface area contributed by atoms with E-state index in [2.05, 4.69) is 45.0 Å². The molecule has 0 aromatic carbocycles. The van der Waals surface area contributed by atoms with Crippen LogP contribution in [-0.4, -0.2) is 49.4 Å². The van der Waals surface area contributed by atoms with E-state index >= 15 is 0 Å². The molecule has 0 N–H and O–H groups in total. The van der Waals surface area contributed by atoms with Gasteiger partial charge in [0.15, 0.2) is 0 Å². The number of alkyl halides is 2. The van der Waals surface area contributed by atoms with Crippen LogP contribution in [0.4, 0.5) is 9.59 Å². The Morgan fingerprint density at radius 3 is 1.43 bits per heavy atom. The van der Waals surface area contributed by atoms with Gasteiger partial charge in [0, 0.05) is 10.7 Å². The van der Waals surface area contributed by atoms with Crippen molar-refractivity contribution in [3.05, 3.63) is 24.3 Å². The van der Waals surface area contributed by atoms with Crippen LogP contribution in [0.1, 0.15) is 13.8 Å². The highest BCUT2D eigenvalue weighted by molar-refractivity contribution is 9.09. The maximum atomic E-state index is 11.5. The van der Waals surface area contributed by atoms with Gasteiger partial charge in [-0.15, -0.1) is 0 Å². The molecule has 0 rings (SSSR count).